The van der Waals surface area contributed by atoms with Gasteiger partial charge in [-0.1, -0.05) is 26.8 Å². The van der Waals surface area contributed by atoms with E-state index in [1.54, 1.807) is 0 Å². The van der Waals surface area contributed by atoms with Gasteiger partial charge in [-0.25, -0.2) is 0 Å². The number of carbonyl (C=O) groups excluding carboxylic acids is 1. The van der Waals surface area contributed by atoms with Crippen molar-refractivity contribution in [2.75, 3.05) is 13.1 Å². The minimum Gasteiger partial charge on any atom is -0.339 e. The molecule has 0 saturated carbocycles. The summed E-state index contributed by atoms with van der Waals surface area (Å²) in [5.41, 5.74) is 1.17. The Balaban J connectivity index is 2.05. The van der Waals surface area contributed by atoms with Gasteiger partial charge in [0.05, 0.1) is 0 Å². The zero-order valence-electron chi connectivity index (χ0n) is 12.7. The lowest BCUT2D eigenvalue weighted by atomic mass is 9.77. The highest BCUT2D eigenvalue weighted by Crippen LogP contribution is 2.34. The van der Waals surface area contributed by atoms with Gasteiger partial charge in [0.1, 0.15) is 0 Å². The molecule has 1 amide bonds. The number of nitrogens with zero attached hydrogens (tertiary/aromatic N) is 1. The summed E-state index contributed by atoms with van der Waals surface area (Å²) in [5, 5.41) is 0. The smallest absolute Gasteiger partial charge is 0.253 e. The highest BCUT2D eigenvalue weighted by molar-refractivity contribution is 14.1. The topological polar surface area (TPSA) is 20.3 Å². The van der Waals surface area contributed by atoms with Crippen LogP contribution in [0, 0.1) is 14.9 Å². The van der Waals surface area contributed by atoms with Gasteiger partial charge in [0, 0.05) is 22.2 Å². The average Bonchev–Trinajstić information content (AvgIpc) is 2.63. The summed E-state index contributed by atoms with van der Waals surface area (Å²) < 4.78 is 1.12. The quantitative estimate of drug-likeness (QED) is 0.648. The van der Waals surface area contributed by atoms with Gasteiger partial charge in [0.2, 0.25) is 0 Å². The first-order valence-electron chi connectivity index (χ1n) is 7.43. The third-order valence-corrected chi connectivity index (χ3v) is 4.98. The molecule has 1 unspecified atom stereocenters. The summed E-state index contributed by atoms with van der Waals surface area (Å²) >= 11 is 2.26. The Kier molecular flexibility index (Phi) is 5.10. The average molecular weight is 385 g/mol. The highest BCUT2D eigenvalue weighted by atomic mass is 127. The second-order valence-electron chi connectivity index (χ2n) is 6.80. The molecular formula is C17H24INO. The van der Waals surface area contributed by atoms with Crippen LogP contribution < -0.4 is 0 Å². The first-order valence-corrected chi connectivity index (χ1v) is 8.50. The molecule has 1 heterocycles. The van der Waals surface area contributed by atoms with E-state index in [4.69, 9.17) is 0 Å². The molecular weight excluding hydrogens is 361 g/mol. The molecule has 1 atom stereocenters. The number of halogens is 1. The Morgan fingerprint density at radius 2 is 2.00 bits per heavy atom. The normalized spacial score (nSPS) is 20.6. The predicted octanol–water partition coefficient (Wildman–Crippen LogP) is 4.58. The summed E-state index contributed by atoms with van der Waals surface area (Å²) in [6.45, 7) is 8.74. The van der Waals surface area contributed by atoms with Crippen molar-refractivity contribution in [3.05, 3.63) is 33.4 Å². The Morgan fingerprint density at radius 3 is 2.65 bits per heavy atom. The van der Waals surface area contributed by atoms with Crippen molar-refractivity contribution < 1.29 is 4.79 Å². The molecule has 2 nitrogen and oxygen atoms in total. The van der Waals surface area contributed by atoms with E-state index in [1.165, 1.54) is 6.42 Å². The van der Waals surface area contributed by atoms with E-state index in [-0.39, 0.29) is 5.91 Å². The van der Waals surface area contributed by atoms with Gasteiger partial charge in [-0.2, -0.15) is 0 Å². The molecule has 1 aromatic carbocycles. The van der Waals surface area contributed by atoms with Crippen LogP contribution in [0.1, 0.15) is 50.4 Å². The lowest BCUT2D eigenvalue weighted by molar-refractivity contribution is 0.0755. The van der Waals surface area contributed by atoms with E-state index in [0.717, 1.165) is 41.0 Å². The number of hydrogen-bond donors (Lipinski definition) is 0. The zero-order valence-corrected chi connectivity index (χ0v) is 14.8. The molecule has 0 N–H and O–H groups in total. The molecule has 0 spiro atoms. The third kappa shape index (κ3) is 3.96. The number of likely N-dealkylation sites (tertiary alicyclic amines) is 1. The fourth-order valence-electron chi connectivity index (χ4n) is 2.97. The van der Waals surface area contributed by atoms with Crippen LogP contribution in [-0.4, -0.2) is 23.9 Å². The first-order chi connectivity index (χ1) is 9.38. The van der Waals surface area contributed by atoms with Crippen LogP contribution in [0.5, 0.6) is 0 Å². The van der Waals surface area contributed by atoms with Crippen LogP contribution in [0.15, 0.2) is 24.3 Å². The van der Waals surface area contributed by atoms with Crippen molar-refractivity contribution >= 4 is 28.5 Å². The van der Waals surface area contributed by atoms with Crippen molar-refractivity contribution in [1.82, 2.24) is 4.90 Å². The number of amides is 1. The molecule has 0 aliphatic carbocycles. The SMILES string of the molecule is CC(C)(C)C1CCCN(C(=O)c2cccc(I)c2)CC1. The summed E-state index contributed by atoms with van der Waals surface area (Å²) in [7, 11) is 0. The van der Waals surface area contributed by atoms with E-state index < -0.39 is 0 Å². The summed E-state index contributed by atoms with van der Waals surface area (Å²) in [6, 6.07) is 7.89. The molecule has 20 heavy (non-hydrogen) atoms. The molecule has 1 fully saturated rings. The van der Waals surface area contributed by atoms with Crippen LogP contribution >= 0.6 is 22.6 Å². The summed E-state index contributed by atoms with van der Waals surface area (Å²) in [4.78, 5) is 14.6. The fraction of sp³-hybridized carbons (Fsp3) is 0.588. The van der Waals surface area contributed by atoms with Gasteiger partial charge in [-0.05, 0) is 71.4 Å². The third-order valence-electron chi connectivity index (χ3n) is 4.31. The second kappa shape index (κ2) is 6.46. The van der Waals surface area contributed by atoms with E-state index >= 15 is 0 Å². The molecule has 1 saturated heterocycles. The van der Waals surface area contributed by atoms with E-state index in [0.29, 0.717) is 5.41 Å². The Bertz CT molecular complexity index is 478. The Labute approximate surface area is 136 Å². The number of rotatable bonds is 1. The lowest BCUT2D eigenvalue weighted by Gasteiger charge is -2.29. The summed E-state index contributed by atoms with van der Waals surface area (Å²) in [6.07, 6.45) is 3.48. The maximum atomic E-state index is 12.6. The van der Waals surface area contributed by atoms with Crippen LogP contribution in [0.2, 0.25) is 0 Å². The van der Waals surface area contributed by atoms with Crippen molar-refractivity contribution in [3.63, 3.8) is 0 Å². The highest BCUT2D eigenvalue weighted by Gasteiger charge is 2.28. The standard InChI is InChI=1S/C17H24INO/c1-17(2,3)14-7-5-10-19(11-9-14)16(20)13-6-4-8-15(18)12-13/h4,6,8,12,14H,5,7,9-11H2,1-3H3. The van der Waals surface area contributed by atoms with E-state index in [1.807, 2.05) is 29.2 Å². The fourth-order valence-corrected chi connectivity index (χ4v) is 3.51. The zero-order chi connectivity index (χ0) is 14.8. The minimum absolute atomic E-state index is 0.193. The largest absolute Gasteiger partial charge is 0.339 e. The van der Waals surface area contributed by atoms with Crippen LogP contribution in [0.25, 0.3) is 0 Å². The van der Waals surface area contributed by atoms with Gasteiger partial charge < -0.3 is 4.90 Å². The van der Waals surface area contributed by atoms with Gasteiger partial charge >= 0.3 is 0 Å². The van der Waals surface area contributed by atoms with Gasteiger partial charge in [-0.15, -0.1) is 0 Å². The molecule has 0 aromatic heterocycles. The van der Waals surface area contributed by atoms with Gasteiger partial charge in [-0.3, -0.25) is 4.79 Å². The molecule has 0 radical (unpaired) electrons. The predicted molar refractivity (Wildman–Crippen MR) is 91.9 cm³/mol. The molecule has 110 valence electrons. The second-order valence-corrected chi connectivity index (χ2v) is 8.04. The monoisotopic (exact) mass is 385 g/mol. The van der Waals surface area contributed by atoms with Crippen molar-refractivity contribution in [2.24, 2.45) is 11.3 Å². The Hall–Kier alpha value is -0.580. The Morgan fingerprint density at radius 1 is 1.25 bits per heavy atom. The first kappa shape index (κ1) is 15.8. The molecule has 1 aromatic rings. The van der Waals surface area contributed by atoms with Crippen LogP contribution in [0.4, 0.5) is 0 Å². The number of benzene rings is 1. The molecule has 1 aliphatic heterocycles. The minimum atomic E-state index is 0.193. The van der Waals surface area contributed by atoms with Gasteiger partial charge in [0.25, 0.3) is 5.91 Å². The van der Waals surface area contributed by atoms with Crippen molar-refractivity contribution in [3.8, 4) is 0 Å². The van der Waals surface area contributed by atoms with E-state index in [9.17, 15) is 4.79 Å². The van der Waals surface area contributed by atoms with Crippen molar-refractivity contribution in [1.29, 1.82) is 0 Å². The van der Waals surface area contributed by atoms with Crippen molar-refractivity contribution in [2.45, 2.75) is 40.0 Å². The maximum Gasteiger partial charge on any atom is 0.253 e. The summed E-state index contributed by atoms with van der Waals surface area (Å²) in [5.74, 6) is 0.911. The van der Waals surface area contributed by atoms with Crippen LogP contribution in [-0.2, 0) is 0 Å². The number of carbonyl (C=O) groups is 1. The molecule has 0 bridgehead atoms. The van der Waals surface area contributed by atoms with Crippen LogP contribution in [0.3, 0.4) is 0 Å². The molecule has 1 aliphatic rings. The number of hydrogen-bond acceptors (Lipinski definition) is 1. The van der Waals surface area contributed by atoms with E-state index in [2.05, 4.69) is 43.4 Å². The molecule has 2 rings (SSSR count). The maximum absolute atomic E-state index is 12.6. The lowest BCUT2D eigenvalue weighted by Crippen LogP contribution is -2.32. The molecule has 3 heteroatoms. The van der Waals surface area contributed by atoms with Gasteiger partial charge in [0.15, 0.2) is 0 Å².